The molecule has 0 spiro atoms. The lowest BCUT2D eigenvalue weighted by Gasteiger charge is -2.09. The Bertz CT molecular complexity index is 168. The lowest BCUT2D eigenvalue weighted by molar-refractivity contribution is -0.121. The first-order chi connectivity index (χ1) is 6.22. The van der Waals surface area contributed by atoms with E-state index in [4.69, 9.17) is 11.6 Å². The van der Waals surface area contributed by atoms with Gasteiger partial charge in [-0.15, -0.1) is 11.6 Å². The van der Waals surface area contributed by atoms with E-state index in [0.29, 0.717) is 18.9 Å². The molecule has 0 aromatic rings. The Labute approximate surface area is 85.0 Å². The van der Waals surface area contributed by atoms with Gasteiger partial charge in [0.2, 0.25) is 5.91 Å². The van der Waals surface area contributed by atoms with E-state index in [1.807, 2.05) is 0 Å². The molecule has 1 atom stereocenters. The van der Waals surface area contributed by atoms with Crippen LogP contribution in [0, 0.1) is 5.92 Å². The minimum atomic E-state index is 0.105. The van der Waals surface area contributed by atoms with Crippen molar-refractivity contribution in [2.75, 3.05) is 6.54 Å². The molecular formula is C10H18ClNO. The van der Waals surface area contributed by atoms with Crippen molar-refractivity contribution in [1.82, 2.24) is 5.32 Å². The summed E-state index contributed by atoms with van der Waals surface area (Å²) in [7, 11) is 0. The highest BCUT2D eigenvalue weighted by Gasteiger charge is 2.24. The van der Waals surface area contributed by atoms with Crippen molar-refractivity contribution in [3.63, 3.8) is 0 Å². The number of rotatable bonds is 6. The van der Waals surface area contributed by atoms with E-state index in [9.17, 15) is 4.79 Å². The van der Waals surface area contributed by atoms with Gasteiger partial charge in [0.1, 0.15) is 0 Å². The fraction of sp³-hybridized carbons (Fsp3) is 0.900. The minimum Gasteiger partial charge on any atom is -0.355 e. The lowest BCUT2D eigenvalue weighted by atomic mass is 10.2. The van der Waals surface area contributed by atoms with Crippen molar-refractivity contribution in [3.8, 4) is 0 Å². The normalized spacial score (nSPS) is 18.3. The third-order valence-electron chi connectivity index (χ3n) is 2.29. The average Bonchev–Trinajstić information content (AvgIpc) is 2.85. The summed E-state index contributed by atoms with van der Waals surface area (Å²) in [5.41, 5.74) is 0. The molecule has 0 aliphatic heterocycles. The lowest BCUT2D eigenvalue weighted by Crippen LogP contribution is -2.29. The Morgan fingerprint density at radius 2 is 2.31 bits per heavy atom. The maximum absolute atomic E-state index is 11.2. The van der Waals surface area contributed by atoms with Crippen LogP contribution >= 0.6 is 11.6 Å². The van der Waals surface area contributed by atoms with E-state index >= 15 is 0 Å². The summed E-state index contributed by atoms with van der Waals surface area (Å²) in [4.78, 5) is 11.2. The van der Waals surface area contributed by atoms with Gasteiger partial charge >= 0.3 is 0 Å². The second-order valence-electron chi connectivity index (χ2n) is 3.84. The van der Waals surface area contributed by atoms with Crippen LogP contribution in [0.3, 0.4) is 0 Å². The zero-order valence-electron chi connectivity index (χ0n) is 8.18. The molecule has 1 rings (SSSR count). The maximum Gasteiger partial charge on any atom is 0.220 e. The van der Waals surface area contributed by atoms with Crippen molar-refractivity contribution >= 4 is 17.5 Å². The van der Waals surface area contributed by atoms with Crippen molar-refractivity contribution in [3.05, 3.63) is 0 Å². The summed E-state index contributed by atoms with van der Waals surface area (Å²) in [5, 5.41) is 2.97. The molecule has 0 aromatic heterocycles. The van der Waals surface area contributed by atoms with Crippen LogP contribution in [0.15, 0.2) is 0 Å². The Morgan fingerprint density at radius 1 is 1.62 bits per heavy atom. The molecule has 0 heterocycles. The van der Waals surface area contributed by atoms with Gasteiger partial charge in [0.05, 0.1) is 5.38 Å². The summed E-state index contributed by atoms with van der Waals surface area (Å²) in [5.74, 6) is 0.837. The number of halogens is 1. The fourth-order valence-corrected chi connectivity index (χ4v) is 1.59. The molecular weight excluding hydrogens is 186 g/mol. The third kappa shape index (κ3) is 5.14. The summed E-state index contributed by atoms with van der Waals surface area (Å²) in [6.45, 7) is 2.72. The summed E-state index contributed by atoms with van der Waals surface area (Å²) in [6.07, 6.45) is 5.22. The Hall–Kier alpha value is -0.240. The average molecular weight is 204 g/mol. The zero-order valence-corrected chi connectivity index (χ0v) is 8.94. The Kier molecular flexibility index (Phi) is 4.57. The highest BCUT2D eigenvalue weighted by atomic mass is 35.5. The number of nitrogens with one attached hydrogen (secondary N) is 1. The first kappa shape index (κ1) is 10.8. The number of hydrogen-bond donors (Lipinski definition) is 1. The van der Waals surface area contributed by atoms with Gasteiger partial charge in [-0.05, 0) is 25.2 Å². The molecule has 1 aliphatic rings. The van der Waals surface area contributed by atoms with Gasteiger partial charge in [-0.2, -0.15) is 0 Å². The molecule has 13 heavy (non-hydrogen) atoms. The summed E-state index contributed by atoms with van der Waals surface area (Å²) < 4.78 is 0. The number of carbonyl (C=O) groups is 1. The quantitative estimate of drug-likeness (QED) is 0.660. The number of hydrogen-bond acceptors (Lipinski definition) is 1. The predicted octanol–water partition coefficient (Wildman–Crippen LogP) is 2.31. The van der Waals surface area contributed by atoms with Crippen molar-refractivity contribution in [1.29, 1.82) is 0 Å². The van der Waals surface area contributed by atoms with Gasteiger partial charge in [-0.1, -0.05) is 13.3 Å². The largest absolute Gasteiger partial charge is 0.355 e. The van der Waals surface area contributed by atoms with E-state index in [1.165, 1.54) is 12.8 Å². The molecule has 1 saturated carbocycles. The van der Waals surface area contributed by atoms with E-state index in [2.05, 4.69) is 12.2 Å². The van der Waals surface area contributed by atoms with Crippen molar-refractivity contribution < 1.29 is 4.79 Å². The third-order valence-corrected chi connectivity index (χ3v) is 2.67. The molecule has 0 saturated heterocycles. The molecule has 76 valence electrons. The van der Waals surface area contributed by atoms with Crippen LogP contribution in [0.1, 0.15) is 39.0 Å². The highest BCUT2D eigenvalue weighted by Crippen LogP contribution is 2.32. The SMILES string of the molecule is CCCC(Cl)CNC(=O)CC1CC1. The molecule has 3 heteroatoms. The number of alkyl halides is 1. The first-order valence-electron chi connectivity index (χ1n) is 5.13. The molecule has 0 aromatic carbocycles. The first-order valence-corrected chi connectivity index (χ1v) is 5.56. The van der Waals surface area contributed by atoms with Crippen LogP contribution < -0.4 is 5.32 Å². The molecule has 2 nitrogen and oxygen atoms in total. The molecule has 1 aliphatic carbocycles. The minimum absolute atomic E-state index is 0.105. The molecule has 1 amide bonds. The standard InChI is InChI=1S/C10H18ClNO/c1-2-3-9(11)7-12-10(13)6-8-4-5-8/h8-9H,2-7H2,1H3,(H,12,13). The van der Waals surface area contributed by atoms with Gasteiger partial charge < -0.3 is 5.32 Å². The van der Waals surface area contributed by atoms with Gasteiger partial charge in [0, 0.05) is 13.0 Å². The topological polar surface area (TPSA) is 29.1 Å². The second-order valence-corrected chi connectivity index (χ2v) is 4.45. The molecule has 1 N–H and O–H groups in total. The van der Waals surface area contributed by atoms with E-state index in [1.54, 1.807) is 0 Å². The zero-order chi connectivity index (χ0) is 9.68. The van der Waals surface area contributed by atoms with Crippen molar-refractivity contribution in [2.45, 2.75) is 44.4 Å². The van der Waals surface area contributed by atoms with Crippen LogP contribution in [-0.2, 0) is 4.79 Å². The van der Waals surface area contributed by atoms with Gasteiger partial charge in [0.15, 0.2) is 0 Å². The van der Waals surface area contributed by atoms with Crippen LogP contribution in [0.4, 0.5) is 0 Å². The van der Waals surface area contributed by atoms with Crippen LogP contribution in [0.5, 0.6) is 0 Å². The van der Waals surface area contributed by atoms with Crippen LogP contribution in [0.25, 0.3) is 0 Å². The highest BCUT2D eigenvalue weighted by molar-refractivity contribution is 6.20. The Balaban J connectivity index is 1.99. The Morgan fingerprint density at radius 3 is 2.85 bits per heavy atom. The maximum atomic E-state index is 11.2. The second kappa shape index (κ2) is 5.48. The number of carbonyl (C=O) groups excluding carboxylic acids is 1. The molecule has 1 fully saturated rings. The van der Waals surface area contributed by atoms with Crippen LogP contribution in [0.2, 0.25) is 0 Å². The van der Waals surface area contributed by atoms with Gasteiger partial charge in [-0.3, -0.25) is 4.79 Å². The summed E-state index contributed by atoms with van der Waals surface area (Å²) >= 11 is 5.96. The molecule has 0 bridgehead atoms. The fourth-order valence-electron chi connectivity index (χ4n) is 1.30. The van der Waals surface area contributed by atoms with E-state index < -0.39 is 0 Å². The van der Waals surface area contributed by atoms with Crippen LogP contribution in [-0.4, -0.2) is 17.8 Å². The van der Waals surface area contributed by atoms with Gasteiger partial charge in [-0.25, -0.2) is 0 Å². The molecule has 0 radical (unpaired) electrons. The predicted molar refractivity (Wildman–Crippen MR) is 54.9 cm³/mol. The van der Waals surface area contributed by atoms with Crippen molar-refractivity contribution in [2.24, 2.45) is 5.92 Å². The van der Waals surface area contributed by atoms with E-state index in [-0.39, 0.29) is 11.3 Å². The number of amides is 1. The smallest absolute Gasteiger partial charge is 0.220 e. The van der Waals surface area contributed by atoms with Gasteiger partial charge in [0.25, 0.3) is 0 Å². The summed E-state index contributed by atoms with van der Waals surface area (Å²) in [6, 6.07) is 0. The molecule has 1 unspecified atom stereocenters. The monoisotopic (exact) mass is 203 g/mol. The van der Waals surface area contributed by atoms with E-state index in [0.717, 1.165) is 12.8 Å².